The molecule has 2 rings (SSSR count). The van der Waals surface area contributed by atoms with Crippen LogP contribution in [0.3, 0.4) is 0 Å². The first-order chi connectivity index (χ1) is 7.17. The molecule has 1 nitrogen and oxygen atoms in total. The fraction of sp³-hybridized carbons (Fsp3) is 0.462. The molecule has 1 aliphatic rings. The van der Waals surface area contributed by atoms with Crippen molar-refractivity contribution in [2.75, 3.05) is 0 Å². The minimum Gasteiger partial charge on any atom is -0.299 e. The molecule has 0 unspecified atom stereocenters. The fourth-order valence-electron chi connectivity index (χ4n) is 2.64. The molecule has 2 heteroatoms. The van der Waals surface area contributed by atoms with Gasteiger partial charge in [-0.15, -0.1) is 0 Å². The monoisotopic (exact) mass is 206 g/mol. The molecule has 0 atom stereocenters. The second-order valence-corrected chi connectivity index (χ2v) is 4.33. The van der Waals surface area contributed by atoms with Crippen LogP contribution < -0.4 is 0 Å². The average Bonchev–Trinajstić information content (AvgIpc) is 2.68. The van der Waals surface area contributed by atoms with Crippen molar-refractivity contribution in [3.8, 4) is 0 Å². The average molecular weight is 206 g/mol. The van der Waals surface area contributed by atoms with Crippen LogP contribution in [0.15, 0.2) is 24.3 Å². The third kappa shape index (κ3) is 1.58. The molecule has 0 N–H and O–H groups in total. The summed E-state index contributed by atoms with van der Waals surface area (Å²) in [6.07, 6.45) is 3.63. The highest BCUT2D eigenvalue weighted by molar-refractivity contribution is 5.88. The van der Waals surface area contributed by atoms with Crippen LogP contribution in [0.5, 0.6) is 0 Å². The first-order valence-electron chi connectivity index (χ1n) is 5.43. The van der Waals surface area contributed by atoms with Crippen LogP contribution >= 0.6 is 0 Å². The lowest BCUT2D eigenvalue weighted by molar-refractivity contribution is -0.122. The SMILES string of the molecule is CC(=O)C1(c2ccccc2F)CCCC1. The standard InChI is InChI=1S/C13H15FO/c1-10(15)13(8-4-5-9-13)11-6-2-3-7-12(11)14/h2-3,6-7H,4-5,8-9H2,1H3. The Hall–Kier alpha value is -1.18. The Kier molecular flexibility index (Phi) is 2.59. The molecule has 0 aromatic heterocycles. The van der Waals surface area contributed by atoms with Gasteiger partial charge in [0.1, 0.15) is 11.6 Å². The van der Waals surface area contributed by atoms with E-state index in [4.69, 9.17) is 0 Å². The first kappa shape index (κ1) is 10.3. The van der Waals surface area contributed by atoms with Crippen molar-refractivity contribution in [2.45, 2.75) is 38.0 Å². The molecule has 0 radical (unpaired) electrons. The van der Waals surface area contributed by atoms with Gasteiger partial charge in [0.05, 0.1) is 5.41 Å². The highest BCUT2D eigenvalue weighted by Gasteiger charge is 2.41. The minimum atomic E-state index is -0.536. The number of halogens is 1. The number of rotatable bonds is 2. The maximum absolute atomic E-state index is 13.7. The van der Waals surface area contributed by atoms with Gasteiger partial charge in [-0.2, -0.15) is 0 Å². The van der Waals surface area contributed by atoms with E-state index < -0.39 is 5.41 Å². The molecule has 0 amide bonds. The second-order valence-electron chi connectivity index (χ2n) is 4.33. The van der Waals surface area contributed by atoms with Crippen molar-refractivity contribution in [3.05, 3.63) is 35.6 Å². The van der Waals surface area contributed by atoms with Gasteiger partial charge in [0.15, 0.2) is 0 Å². The van der Waals surface area contributed by atoms with Gasteiger partial charge in [-0.3, -0.25) is 4.79 Å². The number of benzene rings is 1. The van der Waals surface area contributed by atoms with E-state index in [1.807, 2.05) is 0 Å². The van der Waals surface area contributed by atoms with Crippen molar-refractivity contribution in [3.63, 3.8) is 0 Å². The van der Waals surface area contributed by atoms with E-state index in [1.54, 1.807) is 25.1 Å². The number of Topliss-reactive ketones (excluding diaryl/α,β-unsaturated/α-hetero) is 1. The molecule has 80 valence electrons. The summed E-state index contributed by atoms with van der Waals surface area (Å²) >= 11 is 0. The molecule has 0 bridgehead atoms. The van der Waals surface area contributed by atoms with E-state index >= 15 is 0 Å². The fourth-order valence-corrected chi connectivity index (χ4v) is 2.64. The summed E-state index contributed by atoms with van der Waals surface area (Å²) in [5.74, 6) is -0.139. The number of carbonyl (C=O) groups is 1. The summed E-state index contributed by atoms with van der Waals surface area (Å²) in [6.45, 7) is 1.58. The summed E-state index contributed by atoms with van der Waals surface area (Å²) in [5.41, 5.74) is 0.0562. The van der Waals surface area contributed by atoms with Crippen molar-refractivity contribution < 1.29 is 9.18 Å². The minimum absolute atomic E-state index is 0.102. The zero-order valence-electron chi connectivity index (χ0n) is 8.92. The van der Waals surface area contributed by atoms with E-state index in [2.05, 4.69) is 0 Å². The van der Waals surface area contributed by atoms with Crippen LogP contribution in [0.4, 0.5) is 4.39 Å². The van der Waals surface area contributed by atoms with Gasteiger partial charge in [-0.05, 0) is 25.8 Å². The van der Waals surface area contributed by atoms with Crippen molar-refractivity contribution in [2.24, 2.45) is 0 Å². The predicted molar refractivity (Wildman–Crippen MR) is 57.2 cm³/mol. The number of hydrogen-bond donors (Lipinski definition) is 0. The molecule has 0 spiro atoms. The number of carbonyl (C=O) groups excluding carboxylic acids is 1. The smallest absolute Gasteiger partial charge is 0.140 e. The van der Waals surface area contributed by atoms with E-state index in [0.717, 1.165) is 25.7 Å². The van der Waals surface area contributed by atoms with Gasteiger partial charge in [0, 0.05) is 5.56 Å². The molecule has 0 saturated heterocycles. The Labute approximate surface area is 89.3 Å². The summed E-state index contributed by atoms with van der Waals surface area (Å²) in [4.78, 5) is 11.8. The Balaban J connectivity index is 2.50. The molecule has 1 saturated carbocycles. The lowest BCUT2D eigenvalue weighted by Crippen LogP contribution is -2.31. The largest absolute Gasteiger partial charge is 0.299 e. The Morgan fingerprint density at radius 2 is 1.87 bits per heavy atom. The summed E-state index contributed by atoms with van der Waals surface area (Å²) in [5, 5.41) is 0. The second kappa shape index (κ2) is 3.76. The van der Waals surface area contributed by atoms with Crippen molar-refractivity contribution in [1.82, 2.24) is 0 Å². The van der Waals surface area contributed by atoms with Gasteiger partial charge >= 0.3 is 0 Å². The molecular formula is C13H15FO. The van der Waals surface area contributed by atoms with Crippen LogP contribution in [-0.4, -0.2) is 5.78 Å². The molecule has 1 aromatic rings. The molecule has 1 aliphatic carbocycles. The zero-order chi connectivity index (χ0) is 10.9. The maximum Gasteiger partial charge on any atom is 0.140 e. The molecule has 0 heterocycles. The van der Waals surface area contributed by atoms with Gasteiger partial charge in [-0.25, -0.2) is 4.39 Å². The van der Waals surface area contributed by atoms with Crippen LogP contribution in [0.2, 0.25) is 0 Å². The van der Waals surface area contributed by atoms with Crippen molar-refractivity contribution in [1.29, 1.82) is 0 Å². The normalized spacial score (nSPS) is 19.1. The quantitative estimate of drug-likeness (QED) is 0.726. The topological polar surface area (TPSA) is 17.1 Å². The Morgan fingerprint density at radius 1 is 1.27 bits per heavy atom. The van der Waals surface area contributed by atoms with Crippen molar-refractivity contribution >= 4 is 5.78 Å². The van der Waals surface area contributed by atoms with Crippen LogP contribution in [0.25, 0.3) is 0 Å². The Morgan fingerprint density at radius 3 is 2.40 bits per heavy atom. The van der Waals surface area contributed by atoms with Crippen LogP contribution in [-0.2, 0) is 10.2 Å². The maximum atomic E-state index is 13.7. The zero-order valence-corrected chi connectivity index (χ0v) is 8.92. The highest BCUT2D eigenvalue weighted by atomic mass is 19.1. The molecule has 1 aromatic carbocycles. The predicted octanol–water partition coefficient (Wildman–Crippen LogP) is 3.23. The molecule has 1 fully saturated rings. The van der Waals surface area contributed by atoms with Gasteiger partial charge in [0.25, 0.3) is 0 Å². The summed E-state index contributed by atoms with van der Waals surface area (Å²) < 4.78 is 13.7. The Bertz CT molecular complexity index is 378. The van der Waals surface area contributed by atoms with Crippen LogP contribution in [0.1, 0.15) is 38.2 Å². The molecule has 0 aliphatic heterocycles. The number of hydrogen-bond acceptors (Lipinski definition) is 1. The first-order valence-corrected chi connectivity index (χ1v) is 5.43. The van der Waals surface area contributed by atoms with Crippen LogP contribution in [0, 0.1) is 5.82 Å². The third-order valence-electron chi connectivity index (χ3n) is 3.52. The highest BCUT2D eigenvalue weighted by Crippen LogP contribution is 2.42. The van der Waals surface area contributed by atoms with Gasteiger partial charge in [-0.1, -0.05) is 31.0 Å². The number of ketones is 1. The lowest BCUT2D eigenvalue weighted by atomic mass is 9.75. The lowest BCUT2D eigenvalue weighted by Gasteiger charge is -2.26. The van der Waals surface area contributed by atoms with E-state index in [-0.39, 0.29) is 11.6 Å². The van der Waals surface area contributed by atoms with E-state index in [0.29, 0.717) is 5.56 Å². The van der Waals surface area contributed by atoms with Gasteiger partial charge < -0.3 is 0 Å². The molecular weight excluding hydrogens is 191 g/mol. The third-order valence-corrected chi connectivity index (χ3v) is 3.52. The van der Waals surface area contributed by atoms with E-state index in [9.17, 15) is 9.18 Å². The summed E-state index contributed by atoms with van der Waals surface area (Å²) in [7, 11) is 0. The summed E-state index contributed by atoms with van der Waals surface area (Å²) in [6, 6.07) is 6.67. The van der Waals surface area contributed by atoms with Gasteiger partial charge in [0.2, 0.25) is 0 Å². The van der Waals surface area contributed by atoms with E-state index in [1.165, 1.54) is 6.07 Å². The molecule has 15 heavy (non-hydrogen) atoms.